The van der Waals surface area contributed by atoms with Gasteiger partial charge in [-0.15, -0.1) is 0 Å². The van der Waals surface area contributed by atoms with Crippen molar-refractivity contribution in [3.05, 3.63) is 72.8 Å². The molecule has 126 valence electrons. The molecule has 0 unspecified atom stereocenters. The third kappa shape index (κ3) is 3.19. The lowest BCUT2D eigenvalue weighted by Crippen LogP contribution is -2.02. The van der Waals surface area contributed by atoms with Crippen molar-refractivity contribution >= 4 is 11.0 Å². The smallest absolute Gasteiger partial charge is 0.100 e. The highest BCUT2D eigenvalue weighted by atomic mass is 16.5. The minimum Gasteiger partial charge on any atom is -0.374 e. The molecular weight excluding hydrogens is 312 g/mol. The molecule has 0 aliphatic heterocycles. The number of hydrogen-bond donors (Lipinski definition) is 0. The van der Waals surface area contributed by atoms with Gasteiger partial charge in [0.1, 0.15) is 6.33 Å². The molecule has 0 saturated carbocycles. The Kier molecular flexibility index (Phi) is 4.07. The Balaban J connectivity index is 1.69. The van der Waals surface area contributed by atoms with Crippen molar-refractivity contribution in [2.45, 2.75) is 26.6 Å². The number of rotatable bonds is 5. The molecule has 0 fully saturated rings. The van der Waals surface area contributed by atoms with E-state index in [2.05, 4.69) is 45.0 Å². The summed E-state index contributed by atoms with van der Waals surface area (Å²) in [5, 5.41) is 4.30. The molecule has 2 aromatic carbocycles. The monoisotopic (exact) mass is 332 g/mol. The zero-order valence-electron chi connectivity index (χ0n) is 14.3. The maximum Gasteiger partial charge on any atom is 0.100 e. The minimum atomic E-state index is 0.221. The van der Waals surface area contributed by atoms with Crippen molar-refractivity contribution < 1.29 is 4.74 Å². The lowest BCUT2D eigenvalue weighted by atomic mass is 10.2. The van der Waals surface area contributed by atoms with Crippen LogP contribution >= 0.6 is 0 Å². The normalized spacial score (nSPS) is 11.5. The topological polar surface area (TPSA) is 44.9 Å². The van der Waals surface area contributed by atoms with Crippen LogP contribution in [0.1, 0.15) is 19.4 Å². The largest absolute Gasteiger partial charge is 0.374 e. The zero-order valence-corrected chi connectivity index (χ0v) is 14.3. The summed E-state index contributed by atoms with van der Waals surface area (Å²) in [6.07, 6.45) is 5.80. The van der Waals surface area contributed by atoms with Gasteiger partial charge in [-0.2, -0.15) is 5.10 Å². The summed E-state index contributed by atoms with van der Waals surface area (Å²) in [6, 6.07) is 16.4. The Morgan fingerprint density at radius 1 is 1.04 bits per heavy atom. The van der Waals surface area contributed by atoms with E-state index in [0.29, 0.717) is 6.61 Å². The molecule has 0 bridgehead atoms. The number of nitrogens with zero attached hydrogens (tertiary/aromatic N) is 4. The molecule has 0 spiro atoms. The highest BCUT2D eigenvalue weighted by molar-refractivity contribution is 5.78. The molecule has 0 saturated heterocycles. The molecule has 0 aliphatic carbocycles. The summed E-state index contributed by atoms with van der Waals surface area (Å²) < 4.78 is 9.62. The van der Waals surface area contributed by atoms with E-state index in [0.717, 1.165) is 28.0 Å². The lowest BCUT2D eigenvalue weighted by molar-refractivity contribution is 0.0657. The molecule has 0 aliphatic rings. The first-order valence-electron chi connectivity index (χ1n) is 8.39. The maximum absolute atomic E-state index is 5.68. The molecule has 0 N–H and O–H groups in total. The number of imidazole rings is 1. The summed E-state index contributed by atoms with van der Waals surface area (Å²) >= 11 is 0. The van der Waals surface area contributed by atoms with E-state index in [1.807, 2.05) is 49.3 Å². The molecule has 2 heterocycles. The summed E-state index contributed by atoms with van der Waals surface area (Å²) in [5.41, 5.74) is 5.25. The van der Waals surface area contributed by atoms with Crippen LogP contribution in [-0.2, 0) is 11.3 Å². The first-order chi connectivity index (χ1) is 12.2. The van der Waals surface area contributed by atoms with Gasteiger partial charge in [-0.1, -0.05) is 12.1 Å². The predicted octanol–water partition coefficient (Wildman–Crippen LogP) is 4.14. The van der Waals surface area contributed by atoms with Crippen LogP contribution in [0, 0.1) is 0 Å². The fourth-order valence-corrected chi connectivity index (χ4v) is 2.82. The molecule has 0 amide bonds. The van der Waals surface area contributed by atoms with Crippen molar-refractivity contribution in [1.82, 2.24) is 19.3 Å². The average Bonchev–Trinajstić information content (AvgIpc) is 3.29. The lowest BCUT2D eigenvalue weighted by Gasteiger charge is -2.09. The third-order valence-corrected chi connectivity index (χ3v) is 4.07. The Morgan fingerprint density at radius 2 is 1.92 bits per heavy atom. The average molecular weight is 332 g/mol. The Labute approximate surface area is 146 Å². The van der Waals surface area contributed by atoms with Gasteiger partial charge in [-0.25, -0.2) is 9.67 Å². The molecule has 4 aromatic rings. The van der Waals surface area contributed by atoms with Gasteiger partial charge < -0.3 is 4.74 Å². The SMILES string of the molecule is CC(C)OCc1ccc2c(c1)ncn2-c1cccc(-n2cccn2)c1. The molecular formula is C20H20N4O. The number of benzene rings is 2. The number of fused-ring (bicyclic) bond motifs is 1. The van der Waals surface area contributed by atoms with E-state index in [9.17, 15) is 0 Å². The van der Waals surface area contributed by atoms with Crippen molar-refractivity contribution in [3.63, 3.8) is 0 Å². The highest BCUT2D eigenvalue weighted by Crippen LogP contribution is 2.21. The zero-order chi connectivity index (χ0) is 17.2. The molecule has 4 rings (SSSR count). The van der Waals surface area contributed by atoms with Crippen LogP contribution < -0.4 is 0 Å². The molecule has 0 radical (unpaired) electrons. The van der Waals surface area contributed by atoms with Gasteiger partial charge >= 0.3 is 0 Å². The third-order valence-electron chi connectivity index (χ3n) is 4.07. The van der Waals surface area contributed by atoms with Crippen LogP contribution in [0.5, 0.6) is 0 Å². The van der Waals surface area contributed by atoms with Gasteiger partial charge in [-0.3, -0.25) is 4.57 Å². The van der Waals surface area contributed by atoms with Crippen molar-refractivity contribution in [3.8, 4) is 11.4 Å². The molecule has 2 aromatic heterocycles. The van der Waals surface area contributed by atoms with E-state index in [1.165, 1.54) is 0 Å². The minimum absolute atomic E-state index is 0.221. The van der Waals surface area contributed by atoms with Crippen molar-refractivity contribution in [2.75, 3.05) is 0 Å². The maximum atomic E-state index is 5.68. The van der Waals surface area contributed by atoms with Crippen LogP contribution in [0.3, 0.4) is 0 Å². The first-order valence-corrected chi connectivity index (χ1v) is 8.39. The number of hydrogen-bond acceptors (Lipinski definition) is 3. The molecule has 0 atom stereocenters. The van der Waals surface area contributed by atoms with E-state index in [1.54, 1.807) is 6.20 Å². The van der Waals surface area contributed by atoms with Crippen molar-refractivity contribution in [2.24, 2.45) is 0 Å². The fraction of sp³-hybridized carbons (Fsp3) is 0.200. The summed E-state index contributed by atoms with van der Waals surface area (Å²) in [5.74, 6) is 0. The number of ether oxygens (including phenoxy) is 1. The molecule has 5 nitrogen and oxygen atoms in total. The van der Waals surface area contributed by atoms with E-state index >= 15 is 0 Å². The molecule has 25 heavy (non-hydrogen) atoms. The van der Waals surface area contributed by atoms with Crippen LogP contribution in [-0.4, -0.2) is 25.4 Å². The second kappa shape index (κ2) is 6.53. The van der Waals surface area contributed by atoms with Gasteiger partial charge in [0, 0.05) is 18.1 Å². The van der Waals surface area contributed by atoms with Crippen LogP contribution in [0.25, 0.3) is 22.4 Å². The van der Waals surface area contributed by atoms with Gasteiger partial charge in [0.05, 0.1) is 29.4 Å². The molecule has 5 heteroatoms. The summed E-state index contributed by atoms with van der Waals surface area (Å²) in [7, 11) is 0. The van der Waals surface area contributed by atoms with Gasteiger partial charge in [-0.05, 0) is 55.8 Å². The second-order valence-electron chi connectivity index (χ2n) is 6.27. The summed E-state index contributed by atoms with van der Waals surface area (Å²) in [4.78, 5) is 4.56. The quantitative estimate of drug-likeness (QED) is 0.552. The Bertz CT molecular complexity index is 986. The van der Waals surface area contributed by atoms with Gasteiger partial charge in [0.15, 0.2) is 0 Å². The van der Waals surface area contributed by atoms with Gasteiger partial charge in [0.2, 0.25) is 0 Å². The van der Waals surface area contributed by atoms with Crippen molar-refractivity contribution in [1.29, 1.82) is 0 Å². The van der Waals surface area contributed by atoms with Crippen LogP contribution in [0.2, 0.25) is 0 Å². The van der Waals surface area contributed by atoms with Crippen LogP contribution in [0.15, 0.2) is 67.3 Å². The summed E-state index contributed by atoms with van der Waals surface area (Å²) in [6.45, 7) is 4.69. The Hall–Kier alpha value is -2.92. The predicted molar refractivity (Wildman–Crippen MR) is 98.1 cm³/mol. The second-order valence-corrected chi connectivity index (χ2v) is 6.27. The van der Waals surface area contributed by atoms with E-state index in [4.69, 9.17) is 4.74 Å². The number of aromatic nitrogens is 4. The van der Waals surface area contributed by atoms with E-state index < -0.39 is 0 Å². The standard InChI is InChI=1S/C20H20N4O/c1-15(2)25-13-16-7-8-20-19(11-16)21-14-23(20)17-5-3-6-18(12-17)24-10-4-9-22-24/h3-12,14-15H,13H2,1-2H3. The Morgan fingerprint density at radius 3 is 2.72 bits per heavy atom. The van der Waals surface area contributed by atoms with Gasteiger partial charge in [0.25, 0.3) is 0 Å². The van der Waals surface area contributed by atoms with E-state index in [-0.39, 0.29) is 6.10 Å². The fourth-order valence-electron chi connectivity index (χ4n) is 2.82. The van der Waals surface area contributed by atoms with Crippen LogP contribution in [0.4, 0.5) is 0 Å². The first kappa shape index (κ1) is 15.6. The highest BCUT2D eigenvalue weighted by Gasteiger charge is 2.07.